The number of unbranched alkanes of at least 4 members (excludes halogenated alkanes) is 5. The highest BCUT2D eigenvalue weighted by Gasteiger charge is 1.98. The van der Waals surface area contributed by atoms with Crippen molar-refractivity contribution < 1.29 is 0 Å². The molecule has 0 aliphatic heterocycles. The summed E-state index contributed by atoms with van der Waals surface area (Å²) in [5, 5.41) is 12.2. The lowest BCUT2D eigenvalue weighted by atomic mass is 10.1. The first-order chi connectivity index (χ1) is 8.95. The van der Waals surface area contributed by atoms with Crippen molar-refractivity contribution in [2.75, 3.05) is 0 Å². The third-order valence-corrected chi connectivity index (χ3v) is 4.03. The van der Waals surface area contributed by atoms with Crippen LogP contribution in [-0.2, 0) is 12.8 Å². The third kappa shape index (κ3) is 5.18. The van der Waals surface area contributed by atoms with E-state index in [1.807, 2.05) is 10.8 Å². The van der Waals surface area contributed by atoms with Crippen molar-refractivity contribution >= 4 is 23.1 Å². The predicted molar refractivity (Wildman–Crippen MR) is 74.9 cm³/mol. The van der Waals surface area contributed by atoms with Crippen LogP contribution in [0.15, 0.2) is 10.8 Å². The van der Waals surface area contributed by atoms with Crippen LogP contribution in [-0.4, -0.2) is 19.2 Å². The molecule has 0 amide bonds. The Balaban J connectivity index is 1.40. The Morgan fingerprint density at radius 2 is 1.11 bits per heavy atom. The molecule has 18 heavy (non-hydrogen) atoms. The molecule has 2 heterocycles. The van der Waals surface area contributed by atoms with Gasteiger partial charge in [-0.3, -0.25) is 0 Å². The zero-order valence-electron chi connectivity index (χ0n) is 10.4. The predicted octanol–water partition coefficient (Wildman–Crippen LogP) is 3.52. The topological polar surface area (TPSA) is 51.6 Å². The molecular formula is C12H18N4S2. The molecule has 0 N–H and O–H groups in total. The summed E-state index contributed by atoms with van der Waals surface area (Å²) < 4.78 is 7.73. The van der Waals surface area contributed by atoms with Crippen LogP contribution >= 0.6 is 23.1 Å². The van der Waals surface area contributed by atoms with Crippen molar-refractivity contribution in [3.05, 3.63) is 22.1 Å². The van der Waals surface area contributed by atoms with Crippen molar-refractivity contribution in [2.24, 2.45) is 0 Å². The van der Waals surface area contributed by atoms with E-state index in [9.17, 15) is 0 Å². The van der Waals surface area contributed by atoms with E-state index >= 15 is 0 Å². The Kier molecular flexibility index (Phi) is 6.22. The number of nitrogens with zero attached hydrogens (tertiary/aromatic N) is 4. The molecule has 0 bridgehead atoms. The summed E-state index contributed by atoms with van der Waals surface area (Å²) in [7, 11) is 0. The van der Waals surface area contributed by atoms with E-state index in [2.05, 4.69) is 19.2 Å². The van der Waals surface area contributed by atoms with Crippen molar-refractivity contribution in [3.8, 4) is 0 Å². The monoisotopic (exact) mass is 282 g/mol. The second kappa shape index (κ2) is 8.26. The highest BCUT2D eigenvalue weighted by atomic mass is 32.1. The first-order valence-electron chi connectivity index (χ1n) is 6.47. The van der Waals surface area contributed by atoms with Gasteiger partial charge in [0.1, 0.15) is 0 Å². The molecule has 4 nitrogen and oxygen atoms in total. The minimum absolute atomic E-state index is 1.08. The molecule has 0 radical (unpaired) electrons. The molecule has 0 fully saturated rings. The third-order valence-electron chi connectivity index (χ3n) is 2.93. The van der Waals surface area contributed by atoms with Gasteiger partial charge in [-0.1, -0.05) is 34.7 Å². The van der Waals surface area contributed by atoms with Crippen LogP contribution in [0.1, 0.15) is 49.9 Å². The Morgan fingerprint density at radius 1 is 0.667 bits per heavy atom. The molecule has 2 aromatic rings. The second-order valence-corrected chi connectivity index (χ2v) is 5.63. The van der Waals surface area contributed by atoms with Gasteiger partial charge in [0.25, 0.3) is 0 Å². The van der Waals surface area contributed by atoms with Gasteiger partial charge in [0.15, 0.2) is 0 Å². The zero-order chi connectivity index (χ0) is 12.5. The highest BCUT2D eigenvalue weighted by Crippen LogP contribution is 2.11. The average molecular weight is 282 g/mol. The number of hydrogen-bond acceptors (Lipinski definition) is 6. The fourth-order valence-corrected chi connectivity index (χ4v) is 2.88. The number of aromatic nitrogens is 4. The van der Waals surface area contributed by atoms with E-state index in [1.54, 1.807) is 0 Å². The molecule has 0 aliphatic rings. The molecule has 2 aromatic heterocycles. The lowest BCUT2D eigenvalue weighted by molar-refractivity contribution is 0.589. The maximum atomic E-state index is 4.05. The van der Waals surface area contributed by atoms with Crippen molar-refractivity contribution in [1.82, 2.24) is 19.2 Å². The van der Waals surface area contributed by atoms with E-state index < -0.39 is 0 Å². The molecular weight excluding hydrogens is 264 g/mol. The van der Waals surface area contributed by atoms with Crippen LogP contribution in [0.3, 0.4) is 0 Å². The lowest BCUT2D eigenvalue weighted by Crippen LogP contribution is -1.88. The van der Waals surface area contributed by atoms with Crippen molar-refractivity contribution in [3.63, 3.8) is 0 Å². The van der Waals surface area contributed by atoms with Gasteiger partial charge in [-0.05, 0) is 48.7 Å². The summed E-state index contributed by atoms with van der Waals surface area (Å²) >= 11 is 2.88. The molecule has 6 heteroatoms. The van der Waals surface area contributed by atoms with Crippen LogP contribution in [0.25, 0.3) is 0 Å². The largest absolute Gasteiger partial charge is 0.143 e. The normalized spacial score (nSPS) is 10.9. The van der Waals surface area contributed by atoms with Crippen LogP contribution in [0.2, 0.25) is 0 Å². The summed E-state index contributed by atoms with van der Waals surface area (Å²) in [6.07, 6.45) is 9.90. The van der Waals surface area contributed by atoms with Crippen LogP contribution < -0.4 is 0 Å². The molecule has 0 unspecified atom stereocenters. The molecule has 0 aliphatic carbocycles. The highest BCUT2D eigenvalue weighted by molar-refractivity contribution is 7.03. The maximum Gasteiger partial charge on any atom is 0.0755 e. The van der Waals surface area contributed by atoms with Gasteiger partial charge in [0.05, 0.1) is 11.4 Å². The summed E-state index contributed by atoms with van der Waals surface area (Å²) in [4.78, 5) is 0. The van der Waals surface area contributed by atoms with E-state index in [-0.39, 0.29) is 0 Å². The minimum Gasteiger partial charge on any atom is -0.143 e. The molecule has 0 saturated heterocycles. The summed E-state index contributed by atoms with van der Waals surface area (Å²) in [5.74, 6) is 0. The van der Waals surface area contributed by atoms with Crippen molar-refractivity contribution in [1.29, 1.82) is 0 Å². The standard InChI is InChI=1S/C12H18N4S2/c1(3-5-7-11-9-17-15-13-11)2-4-6-8-12-10-18-16-14-12/h9-10H,1-8H2. The van der Waals surface area contributed by atoms with Gasteiger partial charge in [0.2, 0.25) is 0 Å². The molecule has 0 spiro atoms. The summed E-state index contributed by atoms with van der Waals surface area (Å²) in [6, 6.07) is 0. The number of rotatable bonds is 9. The molecule has 0 aromatic carbocycles. The summed E-state index contributed by atoms with van der Waals surface area (Å²) in [6.45, 7) is 0. The Morgan fingerprint density at radius 3 is 1.50 bits per heavy atom. The average Bonchev–Trinajstić information content (AvgIpc) is 3.05. The van der Waals surface area contributed by atoms with E-state index in [0.717, 1.165) is 24.2 Å². The first kappa shape index (κ1) is 13.5. The molecule has 0 atom stereocenters. The quantitative estimate of drug-likeness (QED) is 0.660. The number of hydrogen-bond donors (Lipinski definition) is 0. The fourth-order valence-electron chi connectivity index (χ4n) is 1.91. The SMILES string of the molecule is c1snnc1CCCCCCCCc1csnn1. The first-order valence-corrected chi connectivity index (χ1v) is 8.14. The van der Waals surface area contributed by atoms with Gasteiger partial charge in [0, 0.05) is 10.8 Å². The van der Waals surface area contributed by atoms with E-state index in [0.29, 0.717) is 0 Å². The van der Waals surface area contributed by atoms with E-state index in [1.165, 1.54) is 61.6 Å². The van der Waals surface area contributed by atoms with Gasteiger partial charge in [-0.15, -0.1) is 10.2 Å². The second-order valence-electron chi connectivity index (χ2n) is 4.41. The molecule has 0 saturated carbocycles. The van der Waals surface area contributed by atoms with Crippen LogP contribution in [0.5, 0.6) is 0 Å². The van der Waals surface area contributed by atoms with Crippen LogP contribution in [0, 0.1) is 0 Å². The Hall–Kier alpha value is -0.880. The summed E-state index contributed by atoms with van der Waals surface area (Å²) in [5.41, 5.74) is 2.30. The van der Waals surface area contributed by atoms with Gasteiger partial charge >= 0.3 is 0 Å². The van der Waals surface area contributed by atoms with Crippen molar-refractivity contribution in [2.45, 2.75) is 51.4 Å². The van der Waals surface area contributed by atoms with Gasteiger partial charge in [-0.25, -0.2) is 0 Å². The minimum atomic E-state index is 1.08. The molecule has 2 rings (SSSR count). The van der Waals surface area contributed by atoms with Gasteiger partial charge < -0.3 is 0 Å². The smallest absolute Gasteiger partial charge is 0.0755 e. The Labute approximate surface area is 116 Å². The number of aryl methyl sites for hydroxylation is 2. The Bertz CT molecular complexity index is 359. The maximum absolute atomic E-state index is 4.05. The van der Waals surface area contributed by atoms with E-state index in [4.69, 9.17) is 0 Å². The molecule has 98 valence electrons. The zero-order valence-corrected chi connectivity index (χ0v) is 12.0. The van der Waals surface area contributed by atoms with Gasteiger partial charge in [-0.2, -0.15) is 0 Å². The lowest BCUT2D eigenvalue weighted by Gasteiger charge is -2.00. The fraction of sp³-hybridized carbons (Fsp3) is 0.667. The van der Waals surface area contributed by atoms with Crippen LogP contribution in [0.4, 0.5) is 0 Å².